The highest BCUT2D eigenvalue weighted by Gasteiger charge is 2.40. The SMILES string of the molecule is COC(=O)C1=C(c2cc(Br)ccc2C)OC(=O)C1=O. The molecule has 0 saturated heterocycles. The van der Waals surface area contributed by atoms with Crippen molar-refractivity contribution in [2.75, 3.05) is 7.11 Å². The van der Waals surface area contributed by atoms with Gasteiger partial charge < -0.3 is 9.47 Å². The minimum Gasteiger partial charge on any atom is -0.465 e. The van der Waals surface area contributed by atoms with Gasteiger partial charge in [-0.1, -0.05) is 22.0 Å². The lowest BCUT2D eigenvalue weighted by molar-refractivity contribution is -0.146. The number of esters is 2. The number of hydrogen-bond donors (Lipinski definition) is 0. The van der Waals surface area contributed by atoms with Gasteiger partial charge in [0.25, 0.3) is 5.78 Å². The van der Waals surface area contributed by atoms with E-state index in [-0.39, 0.29) is 11.3 Å². The summed E-state index contributed by atoms with van der Waals surface area (Å²) in [6.45, 7) is 1.78. The van der Waals surface area contributed by atoms with E-state index in [0.29, 0.717) is 5.56 Å². The molecule has 0 atom stereocenters. The van der Waals surface area contributed by atoms with Crippen LogP contribution in [0.2, 0.25) is 0 Å². The molecule has 0 spiro atoms. The van der Waals surface area contributed by atoms with Crippen molar-refractivity contribution in [3.8, 4) is 0 Å². The molecular formula is C13H9BrO5. The number of halogens is 1. The standard InChI is InChI=1S/C13H9BrO5/c1-6-3-4-7(14)5-8(6)11-9(12(16)18-2)10(15)13(17)19-11/h3-5H,1-2H3. The first-order chi connectivity index (χ1) is 8.95. The van der Waals surface area contributed by atoms with Crippen molar-refractivity contribution in [1.29, 1.82) is 0 Å². The molecule has 19 heavy (non-hydrogen) atoms. The number of benzene rings is 1. The number of ketones is 1. The van der Waals surface area contributed by atoms with E-state index >= 15 is 0 Å². The van der Waals surface area contributed by atoms with E-state index in [2.05, 4.69) is 20.7 Å². The number of aryl methyl sites for hydroxylation is 1. The third-order valence-electron chi connectivity index (χ3n) is 2.67. The molecule has 0 radical (unpaired) electrons. The molecule has 0 N–H and O–H groups in total. The molecule has 0 bridgehead atoms. The maximum atomic E-state index is 11.6. The van der Waals surface area contributed by atoms with E-state index in [1.54, 1.807) is 25.1 Å². The Morgan fingerprint density at radius 3 is 2.63 bits per heavy atom. The Labute approximate surface area is 117 Å². The van der Waals surface area contributed by atoms with Gasteiger partial charge in [0, 0.05) is 10.0 Å². The molecule has 5 nitrogen and oxygen atoms in total. The van der Waals surface area contributed by atoms with Gasteiger partial charge in [0.15, 0.2) is 11.3 Å². The van der Waals surface area contributed by atoms with Crippen molar-refractivity contribution in [3.05, 3.63) is 39.4 Å². The number of methoxy groups -OCH3 is 1. The first-order valence-corrected chi connectivity index (χ1v) is 6.10. The molecule has 0 aromatic heterocycles. The lowest BCUT2D eigenvalue weighted by Gasteiger charge is -2.07. The van der Waals surface area contributed by atoms with E-state index in [4.69, 9.17) is 4.74 Å². The summed E-state index contributed by atoms with van der Waals surface area (Å²) >= 11 is 3.28. The van der Waals surface area contributed by atoms with Crippen LogP contribution in [0.25, 0.3) is 5.76 Å². The van der Waals surface area contributed by atoms with Gasteiger partial charge >= 0.3 is 11.9 Å². The topological polar surface area (TPSA) is 69.7 Å². The zero-order chi connectivity index (χ0) is 14.2. The molecule has 2 rings (SSSR count). The second kappa shape index (κ2) is 4.97. The molecule has 0 fully saturated rings. The monoisotopic (exact) mass is 324 g/mol. The van der Waals surface area contributed by atoms with Crippen LogP contribution >= 0.6 is 15.9 Å². The minimum absolute atomic E-state index is 0.0550. The second-order valence-electron chi connectivity index (χ2n) is 3.87. The highest BCUT2D eigenvalue weighted by atomic mass is 79.9. The Morgan fingerprint density at radius 1 is 1.32 bits per heavy atom. The second-order valence-corrected chi connectivity index (χ2v) is 4.79. The summed E-state index contributed by atoms with van der Waals surface area (Å²) in [5.41, 5.74) is 0.893. The summed E-state index contributed by atoms with van der Waals surface area (Å²) in [6.07, 6.45) is 0. The van der Waals surface area contributed by atoms with Crippen molar-refractivity contribution in [3.63, 3.8) is 0 Å². The molecule has 0 saturated carbocycles. The Kier molecular flexibility index (Phi) is 3.53. The fraction of sp³-hybridized carbons (Fsp3) is 0.154. The average molecular weight is 325 g/mol. The highest BCUT2D eigenvalue weighted by molar-refractivity contribution is 9.10. The number of carbonyl (C=O) groups is 3. The van der Waals surface area contributed by atoms with Gasteiger partial charge in [-0.25, -0.2) is 9.59 Å². The molecule has 1 heterocycles. The van der Waals surface area contributed by atoms with E-state index in [1.165, 1.54) is 0 Å². The average Bonchev–Trinajstić information content (AvgIpc) is 2.68. The Morgan fingerprint density at radius 2 is 2.00 bits per heavy atom. The van der Waals surface area contributed by atoms with Gasteiger partial charge in [0.2, 0.25) is 0 Å². The fourth-order valence-corrected chi connectivity index (χ4v) is 2.07. The molecule has 0 aliphatic carbocycles. The van der Waals surface area contributed by atoms with Gasteiger partial charge in [-0.15, -0.1) is 0 Å². The quantitative estimate of drug-likeness (QED) is 0.471. The summed E-state index contributed by atoms with van der Waals surface area (Å²) in [5.74, 6) is -3.00. The maximum absolute atomic E-state index is 11.6. The molecule has 1 aromatic carbocycles. The Balaban J connectivity index is 2.66. The van der Waals surface area contributed by atoms with Gasteiger partial charge in [-0.2, -0.15) is 0 Å². The van der Waals surface area contributed by atoms with Gasteiger partial charge in [0.1, 0.15) is 0 Å². The zero-order valence-electron chi connectivity index (χ0n) is 10.2. The molecule has 1 aliphatic heterocycles. The van der Waals surface area contributed by atoms with E-state index in [9.17, 15) is 14.4 Å². The summed E-state index contributed by atoms with van der Waals surface area (Å²) in [6, 6.07) is 5.24. The van der Waals surface area contributed by atoms with Crippen LogP contribution in [-0.4, -0.2) is 24.8 Å². The Bertz CT molecular complexity index is 630. The summed E-state index contributed by atoms with van der Waals surface area (Å²) in [7, 11) is 1.14. The van der Waals surface area contributed by atoms with Crippen LogP contribution in [-0.2, 0) is 23.9 Å². The lowest BCUT2D eigenvalue weighted by Crippen LogP contribution is -2.16. The van der Waals surface area contributed by atoms with E-state index in [1.807, 2.05) is 0 Å². The van der Waals surface area contributed by atoms with Crippen LogP contribution in [0.15, 0.2) is 28.2 Å². The van der Waals surface area contributed by atoms with Crippen LogP contribution < -0.4 is 0 Å². The zero-order valence-corrected chi connectivity index (χ0v) is 11.7. The predicted molar refractivity (Wildman–Crippen MR) is 68.9 cm³/mol. The number of hydrogen-bond acceptors (Lipinski definition) is 5. The van der Waals surface area contributed by atoms with Crippen molar-refractivity contribution in [2.24, 2.45) is 0 Å². The summed E-state index contributed by atoms with van der Waals surface area (Å²) in [5, 5.41) is 0. The smallest absolute Gasteiger partial charge is 0.385 e. The van der Waals surface area contributed by atoms with Crippen LogP contribution in [0.3, 0.4) is 0 Å². The molecule has 1 aliphatic rings. The predicted octanol–water partition coefficient (Wildman–Crippen LogP) is 1.77. The molecular weight excluding hydrogens is 316 g/mol. The van der Waals surface area contributed by atoms with Crippen molar-refractivity contribution in [1.82, 2.24) is 0 Å². The first kappa shape index (κ1) is 13.5. The fourth-order valence-electron chi connectivity index (χ4n) is 1.71. The van der Waals surface area contributed by atoms with E-state index in [0.717, 1.165) is 17.1 Å². The number of ether oxygens (including phenoxy) is 2. The molecule has 0 amide bonds. The van der Waals surface area contributed by atoms with Gasteiger partial charge in [-0.05, 0) is 24.6 Å². The first-order valence-electron chi connectivity index (χ1n) is 5.31. The van der Waals surface area contributed by atoms with Crippen molar-refractivity contribution >= 4 is 39.4 Å². The van der Waals surface area contributed by atoms with Crippen LogP contribution in [0.5, 0.6) is 0 Å². The van der Waals surface area contributed by atoms with Gasteiger partial charge in [0.05, 0.1) is 7.11 Å². The highest BCUT2D eigenvalue weighted by Crippen LogP contribution is 2.31. The normalized spacial score (nSPS) is 14.7. The van der Waals surface area contributed by atoms with Crippen LogP contribution in [0, 0.1) is 6.92 Å². The Hall–Kier alpha value is -1.95. The number of Topliss-reactive ketones (excluding diaryl/α,β-unsaturated/α-hetero) is 1. The van der Waals surface area contributed by atoms with Crippen molar-refractivity contribution < 1.29 is 23.9 Å². The summed E-state index contributed by atoms with van der Waals surface area (Å²) < 4.78 is 10.2. The molecule has 98 valence electrons. The lowest BCUT2D eigenvalue weighted by atomic mass is 10.0. The number of carbonyl (C=O) groups excluding carboxylic acids is 3. The number of cyclic esters (lactones) is 1. The van der Waals surface area contributed by atoms with Crippen LogP contribution in [0.1, 0.15) is 11.1 Å². The number of rotatable bonds is 2. The van der Waals surface area contributed by atoms with Crippen LogP contribution in [0.4, 0.5) is 0 Å². The van der Waals surface area contributed by atoms with Crippen molar-refractivity contribution in [2.45, 2.75) is 6.92 Å². The third-order valence-corrected chi connectivity index (χ3v) is 3.16. The largest absolute Gasteiger partial charge is 0.465 e. The molecule has 6 heteroatoms. The maximum Gasteiger partial charge on any atom is 0.385 e. The molecule has 1 aromatic rings. The van der Waals surface area contributed by atoms with E-state index < -0.39 is 17.7 Å². The molecule has 0 unspecified atom stereocenters. The summed E-state index contributed by atoms with van der Waals surface area (Å²) in [4.78, 5) is 34.6. The minimum atomic E-state index is -1.07. The third kappa shape index (κ3) is 2.31. The van der Waals surface area contributed by atoms with Gasteiger partial charge in [-0.3, -0.25) is 4.79 Å².